The Labute approximate surface area is 113 Å². The molecule has 0 aliphatic carbocycles. The van der Waals surface area contributed by atoms with Crippen molar-refractivity contribution in [1.82, 2.24) is 4.98 Å². The van der Waals surface area contributed by atoms with Crippen molar-refractivity contribution >= 4 is 28.9 Å². The Morgan fingerprint density at radius 3 is 2.63 bits per heavy atom. The Morgan fingerprint density at radius 1 is 1.32 bits per heavy atom. The van der Waals surface area contributed by atoms with Crippen molar-refractivity contribution in [2.24, 2.45) is 0 Å². The molecule has 0 saturated carbocycles. The number of nitrogens with zero attached hydrogens (tertiary/aromatic N) is 1. The van der Waals surface area contributed by atoms with Crippen LogP contribution in [0.15, 0.2) is 24.3 Å². The summed E-state index contributed by atoms with van der Waals surface area (Å²) in [5.74, 6) is -1.36. The van der Waals surface area contributed by atoms with Crippen LogP contribution >= 0.6 is 11.3 Å². The highest BCUT2D eigenvalue weighted by Crippen LogP contribution is 2.18. The zero-order valence-corrected chi connectivity index (χ0v) is 11.2. The van der Waals surface area contributed by atoms with Crippen molar-refractivity contribution in [3.8, 4) is 0 Å². The van der Waals surface area contributed by atoms with Crippen molar-refractivity contribution in [2.75, 3.05) is 5.32 Å². The number of aromatic nitrogens is 1. The normalized spacial score (nSPS) is 10.2. The lowest BCUT2D eigenvalue weighted by molar-refractivity contribution is 0.0696. The number of carbonyl (C=O) groups excluding carboxylic acids is 1. The second-order valence-electron chi connectivity index (χ2n) is 3.98. The quantitative estimate of drug-likeness (QED) is 0.903. The van der Waals surface area contributed by atoms with Gasteiger partial charge in [-0.15, -0.1) is 11.3 Å². The van der Waals surface area contributed by atoms with Gasteiger partial charge in [0.15, 0.2) is 0 Å². The van der Waals surface area contributed by atoms with Gasteiger partial charge in [0.05, 0.1) is 10.6 Å². The molecule has 1 amide bonds. The summed E-state index contributed by atoms with van der Waals surface area (Å²) in [5, 5.41) is 12.4. The molecule has 0 fully saturated rings. The second-order valence-corrected chi connectivity index (χ2v) is 5.39. The van der Waals surface area contributed by atoms with Crippen molar-refractivity contribution in [3.05, 3.63) is 45.4 Å². The summed E-state index contributed by atoms with van der Waals surface area (Å²) in [6.45, 7) is 3.66. The fourth-order valence-electron chi connectivity index (χ4n) is 1.66. The standard InChI is InChI=1S/C13H12N2O3S/c1-7-11(14-8(2)19-7)12(16)15-10-5-3-4-9(6-10)13(17)18/h3-6H,1-2H3,(H,15,16)(H,17,18). The fraction of sp³-hybridized carbons (Fsp3) is 0.154. The lowest BCUT2D eigenvalue weighted by Gasteiger charge is -2.04. The summed E-state index contributed by atoms with van der Waals surface area (Å²) < 4.78 is 0. The largest absolute Gasteiger partial charge is 0.478 e. The Morgan fingerprint density at radius 2 is 2.05 bits per heavy atom. The molecule has 5 nitrogen and oxygen atoms in total. The van der Waals surface area contributed by atoms with E-state index in [0.29, 0.717) is 11.4 Å². The van der Waals surface area contributed by atoms with Crippen LogP contribution in [-0.2, 0) is 0 Å². The molecule has 2 aromatic rings. The molecular weight excluding hydrogens is 264 g/mol. The van der Waals surface area contributed by atoms with Gasteiger partial charge in [0, 0.05) is 10.6 Å². The molecule has 0 bridgehead atoms. The Balaban J connectivity index is 2.21. The number of carboxylic acids is 1. The smallest absolute Gasteiger partial charge is 0.335 e. The molecule has 98 valence electrons. The minimum Gasteiger partial charge on any atom is -0.478 e. The Bertz CT molecular complexity index is 649. The number of thiazole rings is 1. The van der Waals surface area contributed by atoms with E-state index in [9.17, 15) is 9.59 Å². The van der Waals surface area contributed by atoms with E-state index in [1.54, 1.807) is 12.1 Å². The first-order valence-electron chi connectivity index (χ1n) is 5.56. The van der Waals surface area contributed by atoms with Gasteiger partial charge in [-0.05, 0) is 32.0 Å². The highest BCUT2D eigenvalue weighted by atomic mass is 32.1. The average molecular weight is 276 g/mol. The van der Waals surface area contributed by atoms with Gasteiger partial charge in [0.2, 0.25) is 0 Å². The lowest BCUT2D eigenvalue weighted by Crippen LogP contribution is -2.14. The number of aryl methyl sites for hydroxylation is 2. The van der Waals surface area contributed by atoms with Crippen LogP contribution in [-0.4, -0.2) is 22.0 Å². The Kier molecular flexibility index (Phi) is 3.62. The van der Waals surface area contributed by atoms with Crippen molar-refractivity contribution in [2.45, 2.75) is 13.8 Å². The van der Waals surface area contributed by atoms with Crippen LogP contribution < -0.4 is 5.32 Å². The molecule has 0 spiro atoms. The first kappa shape index (κ1) is 13.2. The third-order valence-electron chi connectivity index (χ3n) is 2.49. The van der Waals surface area contributed by atoms with Crippen LogP contribution in [0.25, 0.3) is 0 Å². The van der Waals surface area contributed by atoms with E-state index >= 15 is 0 Å². The summed E-state index contributed by atoms with van der Waals surface area (Å²) >= 11 is 1.45. The summed E-state index contributed by atoms with van der Waals surface area (Å²) in [7, 11) is 0. The van der Waals surface area contributed by atoms with E-state index in [0.717, 1.165) is 9.88 Å². The van der Waals surface area contributed by atoms with Gasteiger partial charge < -0.3 is 10.4 Å². The number of amides is 1. The zero-order chi connectivity index (χ0) is 14.0. The maximum absolute atomic E-state index is 12.0. The molecule has 1 aromatic carbocycles. The number of carbonyl (C=O) groups is 2. The summed E-state index contributed by atoms with van der Waals surface area (Å²) in [5.41, 5.74) is 0.946. The molecule has 0 atom stereocenters. The van der Waals surface area contributed by atoms with Crippen LogP contribution in [0, 0.1) is 13.8 Å². The number of hydrogen-bond donors (Lipinski definition) is 2. The van der Waals surface area contributed by atoms with Crippen molar-refractivity contribution in [1.29, 1.82) is 0 Å². The third-order valence-corrected chi connectivity index (χ3v) is 3.37. The molecule has 19 heavy (non-hydrogen) atoms. The van der Waals surface area contributed by atoms with E-state index in [1.807, 2.05) is 13.8 Å². The molecule has 0 unspecified atom stereocenters. The molecule has 6 heteroatoms. The van der Waals surface area contributed by atoms with Gasteiger partial charge in [-0.25, -0.2) is 9.78 Å². The zero-order valence-electron chi connectivity index (χ0n) is 10.4. The fourth-order valence-corrected chi connectivity index (χ4v) is 2.47. The van der Waals surface area contributed by atoms with E-state index in [-0.39, 0.29) is 11.5 Å². The number of benzene rings is 1. The average Bonchev–Trinajstić information content (AvgIpc) is 2.69. The van der Waals surface area contributed by atoms with E-state index in [2.05, 4.69) is 10.3 Å². The molecular formula is C13H12N2O3S. The molecule has 0 radical (unpaired) electrons. The SMILES string of the molecule is Cc1nc(C(=O)Nc2cccc(C(=O)O)c2)c(C)s1. The number of rotatable bonds is 3. The van der Waals surface area contributed by atoms with Crippen molar-refractivity contribution < 1.29 is 14.7 Å². The number of aromatic carboxylic acids is 1. The van der Waals surface area contributed by atoms with Crippen LogP contribution in [0.5, 0.6) is 0 Å². The number of nitrogens with one attached hydrogen (secondary N) is 1. The van der Waals surface area contributed by atoms with Crippen molar-refractivity contribution in [3.63, 3.8) is 0 Å². The maximum Gasteiger partial charge on any atom is 0.335 e. The van der Waals surface area contributed by atoms with Gasteiger partial charge in [-0.3, -0.25) is 4.79 Å². The van der Waals surface area contributed by atoms with Gasteiger partial charge in [0.1, 0.15) is 5.69 Å². The summed E-state index contributed by atoms with van der Waals surface area (Å²) in [6, 6.07) is 6.10. The highest BCUT2D eigenvalue weighted by Gasteiger charge is 2.14. The minimum atomic E-state index is -1.03. The topological polar surface area (TPSA) is 79.3 Å². The third kappa shape index (κ3) is 2.97. The van der Waals surface area contributed by atoms with Gasteiger partial charge >= 0.3 is 5.97 Å². The highest BCUT2D eigenvalue weighted by molar-refractivity contribution is 7.11. The van der Waals surface area contributed by atoms with Crippen LogP contribution in [0.3, 0.4) is 0 Å². The van der Waals surface area contributed by atoms with E-state index in [4.69, 9.17) is 5.11 Å². The number of hydrogen-bond acceptors (Lipinski definition) is 4. The monoisotopic (exact) mass is 276 g/mol. The van der Waals surface area contributed by atoms with E-state index in [1.165, 1.54) is 23.5 Å². The van der Waals surface area contributed by atoms with Crippen LogP contribution in [0.4, 0.5) is 5.69 Å². The molecule has 0 aliphatic rings. The van der Waals surface area contributed by atoms with Crippen LogP contribution in [0.1, 0.15) is 30.7 Å². The van der Waals surface area contributed by atoms with E-state index < -0.39 is 5.97 Å². The van der Waals surface area contributed by atoms with Gasteiger partial charge in [-0.2, -0.15) is 0 Å². The van der Waals surface area contributed by atoms with Gasteiger partial charge in [-0.1, -0.05) is 6.07 Å². The van der Waals surface area contributed by atoms with Gasteiger partial charge in [0.25, 0.3) is 5.91 Å². The molecule has 0 aliphatic heterocycles. The molecule has 2 N–H and O–H groups in total. The lowest BCUT2D eigenvalue weighted by atomic mass is 10.2. The molecule has 1 heterocycles. The number of carboxylic acid groups (broad SMARTS) is 1. The second kappa shape index (κ2) is 5.19. The summed E-state index contributed by atoms with van der Waals surface area (Å²) in [4.78, 5) is 27.8. The first-order valence-corrected chi connectivity index (χ1v) is 6.38. The maximum atomic E-state index is 12.0. The first-order chi connectivity index (χ1) is 8.97. The van der Waals surface area contributed by atoms with Crippen LogP contribution in [0.2, 0.25) is 0 Å². The Hall–Kier alpha value is -2.21. The molecule has 2 rings (SSSR count). The summed E-state index contributed by atoms with van der Waals surface area (Å²) in [6.07, 6.45) is 0. The predicted molar refractivity (Wildman–Crippen MR) is 72.9 cm³/mol. The number of anilines is 1. The molecule has 1 aromatic heterocycles. The minimum absolute atomic E-state index is 0.129. The predicted octanol–water partition coefficient (Wildman–Crippen LogP) is 2.71. The molecule has 0 saturated heterocycles.